The van der Waals surface area contributed by atoms with Crippen LogP contribution in [0.25, 0.3) is 0 Å². The first-order valence-electron chi connectivity index (χ1n) is 6.16. The van der Waals surface area contributed by atoms with Crippen LogP contribution in [0.15, 0.2) is 35.3 Å². The van der Waals surface area contributed by atoms with E-state index in [2.05, 4.69) is 10.4 Å². The molecule has 0 radical (unpaired) electrons. The van der Waals surface area contributed by atoms with Gasteiger partial charge in [-0.25, -0.2) is 19.3 Å². The maximum atomic E-state index is 11.6. The SMILES string of the molecule is NNC(=Nc1ccccc1)N1CCCS(=O)(=O)CC1. The number of rotatable bonds is 1. The second-order valence-corrected chi connectivity index (χ2v) is 6.71. The van der Waals surface area contributed by atoms with Gasteiger partial charge in [-0.3, -0.25) is 5.43 Å². The topological polar surface area (TPSA) is 87.8 Å². The molecule has 0 atom stereocenters. The van der Waals surface area contributed by atoms with E-state index in [9.17, 15) is 8.42 Å². The van der Waals surface area contributed by atoms with Gasteiger partial charge in [0.15, 0.2) is 9.84 Å². The molecular weight excluding hydrogens is 264 g/mol. The van der Waals surface area contributed by atoms with Crippen LogP contribution in [0.2, 0.25) is 0 Å². The maximum Gasteiger partial charge on any atom is 0.213 e. The molecule has 0 aromatic heterocycles. The van der Waals surface area contributed by atoms with Gasteiger partial charge in [0, 0.05) is 13.1 Å². The van der Waals surface area contributed by atoms with E-state index < -0.39 is 9.84 Å². The first-order chi connectivity index (χ1) is 9.11. The van der Waals surface area contributed by atoms with Gasteiger partial charge in [-0.15, -0.1) is 0 Å². The zero-order valence-electron chi connectivity index (χ0n) is 10.6. The van der Waals surface area contributed by atoms with Crippen LogP contribution in [0.3, 0.4) is 0 Å². The number of hydrogen-bond acceptors (Lipinski definition) is 4. The molecule has 1 aromatic rings. The van der Waals surface area contributed by atoms with Gasteiger partial charge >= 0.3 is 0 Å². The average molecular weight is 282 g/mol. The van der Waals surface area contributed by atoms with Crippen molar-refractivity contribution < 1.29 is 8.42 Å². The lowest BCUT2D eigenvalue weighted by molar-refractivity contribution is 0.433. The molecule has 1 heterocycles. The first-order valence-corrected chi connectivity index (χ1v) is 7.98. The van der Waals surface area contributed by atoms with Gasteiger partial charge < -0.3 is 4.90 Å². The number of sulfone groups is 1. The fraction of sp³-hybridized carbons (Fsp3) is 0.417. The molecule has 1 aliphatic rings. The smallest absolute Gasteiger partial charge is 0.213 e. The van der Waals surface area contributed by atoms with Gasteiger partial charge in [-0.05, 0) is 18.6 Å². The molecule has 1 aliphatic heterocycles. The van der Waals surface area contributed by atoms with Crippen molar-refractivity contribution in [2.45, 2.75) is 6.42 Å². The number of aliphatic imine (C=N–C) groups is 1. The van der Waals surface area contributed by atoms with Gasteiger partial charge in [0.25, 0.3) is 0 Å². The van der Waals surface area contributed by atoms with Gasteiger partial charge in [0.1, 0.15) is 0 Å². The van der Waals surface area contributed by atoms with Crippen LogP contribution in [0.1, 0.15) is 6.42 Å². The molecule has 1 fully saturated rings. The lowest BCUT2D eigenvalue weighted by Gasteiger charge is -2.22. The fourth-order valence-electron chi connectivity index (χ4n) is 1.97. The van der Waals surface area contributed by atoms with Crippen molar-refractivity contribution in [2.75, 3.05) is 24.6 Å². The van der Waals surface area contributed by atoms with Gasteiger partial charge in [0.2, 0.25) is 5.96 Å². The van der Waals surface area contributed by atoms with E-state index in [0.717, 1.165) is 5.69 Å². The van der Waals surface area contributed by atoms with E-state index in [-0.39, 0.29) is 11.5 Å². The predicted molar refractivity (Wildman–Crippen MR) is 75.7 cm³/mol. The third kappa shape index (κ3) is 3.93. The Labute approximate surface area is 113 Å². The predicted octanol–water partition coefficient (Wildman–Crippen LogP) is 0.258. The maximum absolute atomic E-state index is 11.6. The van der Waals surface area contributed by atoms with Crippen molar-refractivity contribution in [3.63, 3.8) is 0 Å². The van der Waals surface area contributed by atoms with Crippen molar-refractivity contribution >= 4 is 21.5 Å². The molecule has 3 N–H and O–H groups in total. The minimum Gasteiger partial charge on any atom is -0.341 e. The quantitative estimate of drug-likeness (QED) is 0.334. The van der Waals surface area contributed by atoms with Crippen molar-refractivity contribution in [3.05, 3.63) is 30.3 Å². The molecule has 0 spiro atoms. The van der Waals surface area contributed by atoms with Gasteiger partial charge in [-0.1, -0.05) is 18.2 Å². The molecule has 1 saturated heterocycles. The van der Waals surface area contributed by atoms with Crippen molar-refractivity contribution in [3.8, 4) is 0 Å². The summed E-state index contributed by atoms with van der Waals surface area (Å²) in [6.45, 7) is 1.05. The Morgan fingerprint density at radius 3 is 2.63 bits per heavy atom. The lowest BCUT2D eigenvalue weighted by Crippen LogP contribution is -2.45. The van der Waals surface area contributed by atoms with Crippen LogP contribution >= 0.6 is 0 Å². The molecule has 0 aliphatic carbocycles. The number of nitrogens with zero attached hydrogens (tertiary/aromatic N) is 2. The van der Waals surface area contributed by atoms with E-state index in [1.807, 2.05) is 35.2 Å². The Balaban J connectivity index is 2.16. The van der Waals surface area contributed by atoms with Crippen molar-refractivity contribution in [1.82, 2.24) is 10.3 Å². The largest absolute Gasteiger partial charge is 0.341 e. The zero-order chi connectivity index (χ0) is 13.7. The molecular formula is C12H18N4O2S. The van der Waals surface area contributed by atoms with E-state index in [1.165, 1.54) is 0 Å². The lowest BCUT2D eigenvalue weighted by atomic mass is 10.3. The molecule has 0 saturated carbocycles. The molecule has 7 heteroatoms. The number of nitrogens with two attached hydrogens (primary N) is 1. The normalized spacial score (nSPS) is 19.8. The minimum atomic E-state index is -2.93. The number of para-hydroxylation sites is 1. The second-order valence-electron chi connectivity index (χ2n) is 4.41. The number of benzene rings is 1. The summed E-state index contributed by atoms with van der Waals surface area (Å²) in [6, 6.07) is 9.42. The van der Waals surface area contributed by atoms with Crippen LogP contribution in [-0.4, -0.2) is 43.9 Å². The summed E-state index contributed by atoms with van der Waals surface area (Å²) in [4.78, 5) is 6.27. The van der Waals surface area contributed by atoms with Gasteiger partial charge in [-0.2, -0.15) is 0 Å². The number of hydrogen-bond donors (Lipinski definition) is 2. The van der Waals surface area contributed by atoms with Gasteiger partial charge in [0.05, 0.1) is 17.2 Å². The molecule has 104 valence electrons. The van der Waals surface area contributed by atoms with Crippen LogP contribution in [-0.2, 0) is 9.84 Å². The zero-order valence-corrected chi connectivity index (χ0v) is 11.4. The van der Waals surface area contributed by atoms with Crippen LogP contribution in [0, 0.1) is 0 Å². The van der Waals surface area contributed by atoms with Crippen LogP contribution in [0.4, 0.5) is 5.69 Å². The van der Waals surface area contributed by atoms with E-state index >= 15 is 0 Å². The Hall–Kier alpha value is -1.60. The Bertz CT molecular complexity index is 542. The first kappa shape index (κ1) is 13.8. The Morgan fingerprint density at radius 2 is 1.95 bits per heavy atom. The summed E-state index contributed by atoms with van der Waals surface area (Å²) in [7, 11) is -2.93. The monoisotopic (exact) mass is 282 g/mol. The Morgan fingerprint density at radius 1 is 1.21 bits per heavy atom. The van der Waals surface area contributed by atoms with E-state index in [0.29, 0.717) is 25.5 Å². The summed E-state index contributed by atoms with van der Waals surface area (Å²) < 4.78 is 23.1. The second kappa shape index (κ2) is 6.03. The number of hydrazine groups is 1. The molecule has 6 nitrogen and oxygen atoms in total. The summed E-state index contributed by atoms with van der Waals surface area (Å²) >= 11 is 0. The average Bonchev–Trinajstić information content (AvgIpc) is 2.58. The Kier molecular flexibility index (Phi) is 4.39. The highest BCUT2D eigenvalue weighted by atomic mass is 32.2. The molecule has 19 heavy (non-hydrogen) atoms. The van der Waals surface area contributed by atoms with Crippen molar-refractivity contribution in [1.29, 1.82) is 0 Å². The van der Waals surface area contributed by atoms with Crippen LogP contribution in [0.5, 0.6) is 0 Å². The third-order valence-electron chi connectivity index (χ3n) is 2.98. The highest BCUT2D eigenvalue weighted by Gasteiger charge is 2.21. The number of guanidine groups is 1. The summed E-state index contributed by atoms with van der Waals surface area (Å²) in [5, 5.41) is 0. The standard InChI is InChI=1S/C12H18N4O2S/c13-15-12(14-11-5-2-1-3-6-11)16-7-4-9-19(17,18)10-8-16/h1-3,5-6H,4,7-10,13H2,(H,14,15). The van der Waals surface area contributed by atoms with E-state index in [4.69, 9.17) is 5.84 Å². The summed E-state index contributed by atoms with van der Waals surface area (Å²) in [5.74, 6) is 6.37. The summed E-state index contributed by atoms with van der Waals surface area (Å²) in [5.41, 5.74) is 3.34. The summed E-state index contributed by atoms with van der Waals surface area (Å²) in [6.07, 6.45) is 0.595. The minimum absolute atomic E-state index is 0.141. The highest BCUT2D eigenvalue weighted by molar-refractivity contribution is 7.91. The van der Waals surface area contributed by atoms with Crippen molar-refractivity contribution in [2.24, 2.45) is 10.8 Å². The highest BCUT2D eigenvalue weighted by Crippen LogP contribution is 2.12. The molecule has 0 amide bonds. The van der Waals surface area contributed by atoms with Crippen LogP contribution < -0.4 is 11.3 Å². The number of nitrogens with one attached hydrogen (secondary N) is 1. The van der Waals surface area contributed by atoms with E-state index in [1.54, 1.807) is 0 Å². The molecule has 1 aromatic carbocycles. The molecule has 0 bridgehead atoms. The molecule has 2 rings (SSSR count). The molecule has 0 unspecified atom stereocenters. The third-order valence-corrected chi connectivity index (χ3v) is 4.69. The fourth-order valence-corrected chi connectivity index (χ4v) is 3.24.